The zero-order valence-electron chi connectivity index (χ0n) is 19.8. The van der Waals surface area contributed by atoms with E-state index in [0.717, 1.165) is 49.3 Å². The minimum atomic E-state index is -0.678. The maximum absolute atomic E-state index is 11.0. The SMILES string of the molecule is CCCc1ccc(COc2ccc3c(c2)CCC(CN2CC(C(=O)O)C2)=C3C)c(OC)c1.O. The molecule has 2 aromatic carbocycles. The number of hydrogen-bond donors (Lipinski definition) is 1. The Labute approximate surface area is 196 Å². The molecule has 2 aliphatic rings. The van der Waals surface area contributed by atoms with Crippen LogP contribution in [0.4, 0.5) is 0 Å². The number of ether oxygens (including phenoxy) is 2. The molecule has 0 atom stereocenters. The Morgan fingerprint density at radius 3 is 2.64 bits per heavy atom. The summed E-state index contributed by atoms with van der Waals surface area (Å²) in [6.07, 6.45) is 4.17. The van der Waals surface area contributed by atoms with E-state index < -0.39 is 5.97 Å². The minimum Gasteiger partial charge on any atom is -0.496 e. The number of fused-ring (bicyclic) bond motifs is 1. The summed E-state index contributed by atoms with van der Waals surface area (Å²) in [4.78, 5) is 13.3. The summed E-state index contributed by atoms with van der Waals surface area (Å²) in [6, 6.07) is 12.7. The number of hydrogen-bond acceptors (Lipinski definition) is 4. The molecule has 0 bridgehead atoms. The van der Waals surface area contributed by atoms with Crippen LogP contribution in [0.1, 0.15) is 48.9 Å². The van der Waals surface area contributed by atoms with Gasteiger partial charge in [0.25, 0.3) is 0 Å². The van der Waals surface area contributed by atoms with Crippen molar-refractivity contribution in [1.82, 2.24) is 4.90 Å². The van der Waals surface area contributed by atoms with Crippen molar-refractivity contribution < 1.29 is 24.9 Å². The van der Waals surface area contributed by atoms with Crippen molar-refractivity contribution in [3.8, 4) is 11.5 Å². The van der Waals surface area contributed by atoms with Gasteiger partial charge in [-0.25, -0.2) is 0 Å². The molecule has 4 rings (SSSR count). The van der Waals surface area contributed by atoms with Gasteiger partial charge in [0.2, 0.25) is 0 Å². The number of rotatable bonds is 9. The number of likely N-dealkylation sites (tertiary alicyclic amines) is 1. The average Bonchev–Trinajstić information content (AvgIpc) is 2.76. The van der Waals surface area contributed by atoms with Crippen LogP contribution >= 0.6 is 0 Å². The van der Waals surface area contributed by atoms with Gasteiger partial charge in [0.1, 0.15) is 18.1 Å². The Kier molecular flexibility index (Phi) is 8.16. The van der Waals surface area contributed by atoms with E-state index in [-0.39, 0.29) is 11.4 Å². The van der Waals surface area contributed by atoms with Gasteiger partial charge in [-0.15, -0.1) is 0 Å². The topological polar surface area (TPSA) is 90.5 Å². The van der Waals surface area contributed by atoms with Crippen LogP contribution in [0.25, 0.3) is 5.57 Å². The zero-order valence-corrected chi connectivity index (χ0v) is 19.8. The van der Waals surface area contributed by atoms with Gasteiger partial charge in [-0.3, -0.25) is 9.69 Å². The number of aliphatic carboxylic acids is 1. The highest BCUT2D eigenvalue weighted by atomic mass is 16.5. The van der Waals surface area contributed by atoms with Crippen LogP contribution in [0.5, 0.6) is 11.5 Å². The highest BCUT2D eigenvalue weighted by Crippen LogP contribution is 2.35. The van der Waals surface area contributed by atoms with Crippen molar-refractivity contribution in [3.05, 3.63) is 64.2 Å². The standard InChI is InChI=1S/C27H33NO4.H2O/c1-4-5-19-6-7-22(26(12-19)31-3)17-32-24-10-11-25-18(2)21(9-8-20(25)13-24)14-28-15-23(16-28)27(29)30;/h6-7,10-13,23H,4-5,8-9,14-17H2,1-3H3,(H,29,30);1H2. The Bertz CT molecular complexity index is 1020. The van der Waals surface area contributed by atoms with Gasteiger partial charge in [-0.1, -0.05) is 37.1 Å². The molecule has 3 N–H and O–H groups in total. The average molecular weight is 454 g/mol. The Balaban J connectivity index is 0.00000306. The van der Waals surface area contributed by atoms with Gasteiger partial charge in [0, 0.05) is 25.2 Å². The molecule has 0 saturated carbocycles. The summed E-state index contributed by atoms with van der Waals surface area (Å²) in [5, 5.41) is 9.09. The summed E-state index contributed by atoms with van der Waals surface area (Å²) >= 11 is 0. The number of carbonyl (C=O) groups is 1. The van der Waals surface area contributed by atoms with Crippen molar-refractivity contribution >= 4 is 11.5 Å². The largest absolute Gasteiger partial charge is 0.496 e. The monoisotopic (exact) mass is 453 g/mol. The number of aryl methyl sites for hydroxylation is 2. The quantitative estimate of drug-likeness (QED) is 0.616. The second-order valence-electron chi connectivity index (χ2n) is 8.96. The van der Waals surface area contributed by atoms with E-state index in [2.05, 4.69) is 49.1 Å². The number of benzene rings is 2. The van der Waals surface area contributed by atoms with Gasteiger partial charge in [0.05, 0.1) is 13.0 Å². The van der Waals surface area contributed by atoms with E-state index in [9.17, 15) is 4.79 Å². The Morgan fingerprint density at radius 2 is 1.94 bits per heavy atom. The fourth-order valence-electron chi connectivity index (χ4n) is 4.73. The second-order valence-corrected chi connectivity index (χ2v) is 8.96. The van der Waals surface area contributed by atoms with Crippen LogP contribution < -0.4 is 9.47 Å². The molecule has 0 radical (unpaired) electrons. The molecular weight excluding hydrogens is 418 g/mol. The number of allylic oxidation sites excluding steroid dienone is 1. The maximum Gasteiger partial charge on any atom is 0.309 e. The molecule has 178 valence electrons. The molecule has 1 aliphatic heterocycles. The molecule has 1 saturated heterocycles. The summed E-state index contributed by atoms with van der Waals surface area (Å²) < 4.78 is 11.7. The highest BCUT2D eigenvalue weighted by Gasteiger charge is 2.33. The van der Waals surface area contributed by atoms with Crippen LogP contribution in [0.3, 0.4) is 0 Å². The van der Waals surface area contributed by atoms with E-state index in [0.29, 0.717) is 19.7 Å². The molecular formula is C27H35NO5. The van der Waals surface area contributed by atoms with Gasteiger partial charge in [-0.2, -0.15) is 0 Å². The fraction of sp³-hybridized carbons (Fsp3) is 0.444. The smallest absolute Gasteiger partial charge is 0.309 e. The molecule has 1 fully saturated rings. The Morgan fingerprint density at radius 1 is 1.15 bits per heavy atom. The fourth-order valence-corrected chi connectivity index (χ4v) is 4.73. The molecule has 2 aromatic rings. The lowest BCUT2D eigenvalue weighted by molar-refractivity contribution is -0.147. The summed E-state index contributed by atoms with van der Waals surface area (Å²) in [5.74, 6) is 0.885. The predicted molar refractivity (Wildman–Crippen MR) is 130 cm³/mol. The van der Waals surface area contributed by atoms with Crippen molar-refractivity contribution in [2.24, 2.45) is 5.92 Å². The molecule has 0 amide bonds. The first kappa shape index (κ1) is 24.8. The lowest BCUT2D eigenvalue weighted by Crippen LogP contribution is -2.50. The van der Waals surface area contributed by atoms with Crippen LogP contribution in [0.15, 0.2) is 42.0 Å². The number of nitrogens with zero attached hydrogens (tertiary/aromatic N) is 1. The van der Waals surface area contributed by atoms with Crippen molar-refractivity contribution in [1.29, 1.82) is 0 Å². The van der Waals surface area contributed by atoms with Crippen LogP contribution in [0, 0.1) is 5.92 Å². The normalized spacial score (nSPS) is 16.0. The van der Waals surface area contributed by atoms with Crippen molar-refractivity contribution in [3.63, 3.8) is 0 Å². The van der Waals surface area contributed by atoms with Crippen molar-refractivity contribution in [2.45, 2.75) is 46.1 Å². The lowest BCUT2D eigenvalue weighted by atomic mass is 9.85. The summed E-state index contributed by atoms with van der Waals surface area (Å²) in [6.45, 7) is 7.04. The molecule has 6 heteroatoms. The molecule has 1 aliphatic carbocycles. The minimum absolute atomic E-state index is 0. The molecule has 0 unspecified atom stereocenters. The highest BCUT2D eigenvalue weighted by molar-refractivity contribution is 5.73. The van der Waals surface area contributed by atoms with E-state index in [4.69, 9.17) is 14.6 Å². The van der Waals surface area contributed by atoms with Gasteiger partial charge < -0.3 is 20.1 Å². The lowest BCUT2D eigenvalue weighted by Gasteiger charge is -2.38. The number of carboxylic acids is 1. The molecule has 33 heavy (non-hydrogen) atoms. The van der Waals surface area contributed by atoms with Crippen molar-refractivity contribution in [2.75, 3.05) is 26.7 Å². The van der Waals surface area contributed by atoms with Gasteiger partial charge in [0.15, 0.2) is 0 Å². The van der Waals surface area contributed by atoms with E-state index >= 15 is 0 Å². The first-order chi connectivity index (χ1) is 15.5. The number of methoxy groups -OCH3 is 1. The first-order valence-corrected chi connectivity index (χ1v) is 11.5. The van der Waals surface area contributed by atoms with Crippen LogP contribution in [0.2, 0.25) is 0 Å². The summed E-state index contributed by atoms with van der Waals surface area (Å²) in [7, 11) is 1.71. The molecule has 0 spiro atoms. The molecule has 0 aromatic heterocycles. The zero-order chi connectivity index (χ0) is 22.7. The van der Waals surface area contributed by atoms with Gasteiger partial charge >= 0.3 is 5.97 Å². The van der Waals surface area contributed by atoms with Crippen LogP contribution in [-0.4, -0.2) is 48.2 Å². The second kappa shape index (κ2) is 10.9. The van der Waals surface area contributed by atoms with E-state index in [1.807, 2.05) is 6.07 Å². The third kappa shape index (κ3) is 5.57. The maximum atomic E-state index is 11.0. The molecule has 6 nitrogen and oxygen atoms in total. The third-order valence-corrected chi connectivity index (χ3v) is 6.71. The van der Waals surface area contributed by atoms with E-state index in [1.165, 1.54) is 27.8 Å². The summed E-state index contributed by atoms with van der Waals surface area (Å²) in [5.41, 5.74) is 7.70. The number of carboxylic acid groups (broad SMARTS) is 1. The predicted octanol–water partition coefficient (Wildman–Crippen LogP) is 4.14. The Hall–Kier alpha value is -2.83. The van der Waals surface area contributed by atoms with Crippen LogP contribution in [-0.2, 0) is 24.2 Å². The van der Waals surface area contributed by atoms with E-state index in [1.54, 1.807) is 7.11 Å². The third-order valence-electron chi connectivity index (χ3n) is 6.71. The molecule has 1 heterocycles. The van der Waals surface area contributed by atoms with Gasteiger partial charge in [-0.05, 0) is 66.6 Å². The first-order valence-electron chi connectivity index (χ1n) is 11.5.